The fraction of sp³-hybridized carbons (Fsp3) is 0.0909. The minimum absolute atomic E-state index is 0.676. The second-order valence-corrected chi connectivity index (χ2v) is 5.61. The quantitative estimate of drug-likeness (QED) is 0.742. The van der Waals surface area contributed by atoms with Crippen LogP contribution in [-0.2, 0) is 0 Å². The van der Waals surface area contributed by atoms with Crippen molar-refractivity contribution in [2.75, 3.05) is 5.73 Å². The van der Waals surface area contributed by atoms with Crippen LogP contribution in [0.3, 0.4) is 0 Å². The predicted molar refractivity (Wildman–Crippen MR) is 68.9 cm³/mol. The summed E-state index contributed by atoms with van der Waals surface area (Å²) in [7, 11) is 0. The Morgan fingerprint density at radius 2 is 1.87 bits per heavy atom. The van der Waals surface area contributed by atoms with Crippen LogP contribution in [0.2, 0.25) is 8.67 Å². The molecule has 0 saturated carbocycles. The predicted octanol–water partition coefficient (Wildman–Crippen LogP) is 4.61. The summed E-state index contributed by atoms with van der Waals surface area (Å²) in [6, 6.07) is 7.75. The van der Waals surface area contributed by atoms with Crippen molar-refractivity contribution in [2.24, 2.45) is 0 Å². The highest BCUT2D eigenvalue weighted by atomic mass is 35.5. The molecule has 0 fully saturated rings. The number of hydrogen-bond acceptors (Lipinski definition) is 2. The minimum Gasteiger partial charge on any atom is -0.398 e. The molecule has 15 heavy (non-hydrogen) atoms. The molecule has 0 amide bonds. The summed E-state index contributed by atoms with van der Waals surface area (Å²) in [5, 5.41) is 0. The van der Waals surface area contributed by atoms with Gasteiger partial charge >= 0.3 is 0 Å². The van der Waals surface area contributed by atoms with E-state index in [0.717, 1.165) is 22.4 Å². The first-order valence-electron chi connectivity index (χ1n) is 4.39. The third kappa shape index (κ3) is 2.12. The van der Waals surface area contributed by atoms with Crippen molar-refractivity contribution < 1.29 is 0 Å². The van der Waals surface area contributed by atoms with Crippen LogP contribution < -0.4 is 5.73 Å². The molecule has 1 heterocycles. The van der Waals surface area contributed by atoms with Crippen molar-refractivity contribution in [3.05, 3.63) is 38.5 Å². The van der Waals surface area contributed by atoms with Crippen LogP contribution in [0.5, 0.6) is 0 Å². The zero-order valence-electron chi connectivity index (χ0n) is 8.05. The lowest BCUT2D eigenvalue weighted by Crippen LogP contribution is -1.89. The van der Waals surface area contributed by atoms with E-state index in [1.807, 2.05) is 31.2 Å². The van der Waals surface area contributed by atoms with Crippen LogP contribution in [0.15, 0.2) is 24.3 Å². The van der Waals surface area contributed by atoms with Gasteiger partial charge in [-0.2, -0.15) is 0 Å². The lowest BCUT2D eigenvalue weighted by molar-refractivity contribution is 1.47. The van der Waals surface area contributed by atoms with Gasteiger partial charge in [0.15, 0.2) is 0 Å². The molecule has 1 nitrogen and oxygen atoms in total. The van der Waals surface area contributed by atoms with Gasteiger partial charge in [-0.25, -0.2) is 0 Å². The molecule has 0 radical (unpaired) electrons. The Morgan fingerprint density at radius 1 is 1.13 bits per heavy atom. The SMILES string of the molecule is Cc1ccc(-c2cc(Cl)sc2Cl)c(N)c1. The fourth-order valence-corrected chi connectivity index (χ4v) is 2.94. The van der Waals surface area contributed by atoms with Gasteiger partial charge in [0.05, 0.1) is 4.34 Å². The smallest absolute Gasteiger partial charge is 0.102 e. The Balaban J connectivity index is 2.59. The van der Waals surface area contributed by atoms with Crippen molar-refractivity contribution in [1.29, 1.82) is 0 Å². The second kappa shape index (κ2) is 4.05. The summed E-state index contributed by atoms with van der Waals surface area (Å²) in [6.07, 6.45) is 0. The molecule has 0 aliphatic heterocycles. The molecule has 2 aromatic rings. The first-order valence-corrected chi connectivity index (χ1v) is 5.96. The van der Waals surface area contributed by atoms with Crippen molar-refractivity contribution in [3.8, 4) is 11.1 Å². The van der Waals surface area contributed by atoms with Crippen molar-refractivity contribution >= 4 is 40.2 Å². The molecular formula is C11H9Cl2NS. The lowest BCUT2D eigenvalue weighted by Gasteiger charge is -2.05. The first kappa shape index (κ1) is 10.8. The average molecular weight is 258 g/mol. The van der Waals surface area contributed by atoms with Gasteiger partial charge < -0.3 is 5.73 Å². The average Bonchev–Trinajstić information content (AvgIpc) is 2.45. The fourth-order valence-electron chi connectivity index (χ4n) is 1.45. The van der Waals surface area contributed by atoms with Gasteiger partial charge in [0.25, 0.3) is 0 Å². The van der Waals surface area contributed by atoms with E-state index < -0.39 is 0 Å². The summed E-state index contributed by atoms with van der Waals surface area (Å²) >= 11 is 13.3. The van der Waals surface area contributed by atoms with Crippen LogP contribution in [0.25, 0.3) is 11.1 Å². The van der Waals surface area contributed by atoms with Gasteiger partial charge in [-0.3, -0.25) is 0 Å². The van der Waals surface area contributed by atoms with Gasteiger partial charge in [-0.1, -0.05) is 35.3 Å². The number of hydrogen-bond donors (Lipinski definition) is 1. The third-order valence-electron chi connectivity index (χ3n) is 2.15. The summed E-state index contributed by atoms with van der Waals surface area (Å²) in [4.78, 5) is 0. The number of aryl methyl sites for hydroxylation is 1. The number of anilines is 1. The van der Waals surface area contributed by atoms with Crippen LogP contribution in [0.1, 0.15) is 5.56 Å². The highest BCUT2D eigenvalue weighted by Gasteiger charge is 2.10. The molecule has 78 valence electrons. The molecule has 2 N–H and O–H groups in total. The maximum atomic E-state index is 6.07. The van der Waals surface area contributed by atoms with Gasteiger partial charge in [0, 0.05) is 16.8 Å². The molecule has 0 saturated heterocycles. The Labute approximate surface area is 102 Å². The maximum Gasteiger partial charge on any atom is 0.102 e. The monoisotopic (exact) mass is 257 g/mol. The standard InChI is InChI=1S/C11H9Cl2NS/c1-6-2-3-7(9(14)4-6)8-5-10(12)15-11(8)13/h2-5H,14H2,1H3. The summed E-state index contributed by atoms with van der Waals surface area (Å²) in [5.41, 5.74) is 9.64. The van der Waals surface area contributed by atoms with Gasteiger partial charge in [0.2, 0.25) is 0 Å². The molecule has 0 unspecified atom stereocenters. The minimum atomic E-state index is 0.676. The third-order valence-corrected chi connectivity index (χ3v) is 3.64. The van der Waals surface area contributed by atoms with E-state index in [2.05, 4.69) is 0 Å². The summed E-state index contributed by atoms with van der Waals surface area (Å²) in [6.45, 7) is 2.00. The molecule has 0 spiro atoms. The molecule has 1 aromatic carbocycles. The zero-order valence-corrected chi connectivity index (χ0v) is 10.4. The number of halogens is 2. The zero-order chi connectivity index (χ0) is 11.0. The van der Waals surface area contributed by atoms with E-state index in [4.69, 9.17) is 28.9 Å². The second-order valence-electron chi connectivity index (χ2n) is 3.33. The maximum absolute atomic E-state index is 6.07. The van der Waals surface area contributed by atoms with Crippen LogP contribution in [0.4, 0.5) is 5.69 Å². The summed E-state index contributed by atoms with van der Waals surface area (Å²) in [5.74, 6) is 0. The largest absolute Gasteiger partial charge is 0.398 e. The number of thiophene rings is 1. The number of rotatable bonds is 1. The Hall–Kier alpha value is -0.700. The van der Waals surface area contributed by atoms with E-state index in [0.29, 0.717) is 8.67 Å². The highest BCUT2D eigenvalue weighted by Crippen LogP contribution is 2.40. The van der Waals surface area contributed by atoms with Gasteiger partial charge in [-0.15, -0.1) is 11.3 Å². The van der Waals surface area contributed by atoms with E-state index >= 15 is 0 Å². The van der Waals surface area contributed by atoms with Crippen LogP contribution in [0, 0.1) is 6.92 Å². The Bertz CT molecular complexity index is 505. The highest BCUT2D eigenvalue weighted by molar-refractivity contribution is 7.20. The number of nitrogen functional groups attached to an aromatic ring is 1. The van der Waals surface area contributed by atoms with Crippen molar-refractivity contribution in [2.45, 2.75) is 6.92 Å². The molecule has 0 aliphatic carbocycles. The lowest BCUT2D eigenvalue weighted by atomic mass is 10.1. The first-order chi connectivity index (χ1) is 7.08. The molecule has 2 rings (SSSR count). The molecule has 0 aliphatic rings. The van der Waals surface area contributed by atoms with E-state index in [1.54, 1.807) is 0 Å². The van der Waals surface area contributed by atoms with Crippen LogP contribution >= 0.6 is 34.5 Å². The molecule has 0 bridgehead atoms. The molecule has 0 atom stereocenters. The normalized spacial score (nSPS) is 10.6. The Morgan fingerprint density at radius 3 is 2.40 bits per heavy atom. The van der Waals surface area contributed by atoms with Crippen LogP contribution in [-0.4, -0.2) is 0 Å². The van der Waals surface area contributed by atoms with Crippen molar-refractivity contribution in [1.82, 2.24) is 0 Å². The molecular weight excluding hydrogens is 249 g/mol. The van der Waals surface area contributed by atoms with E-state index in [9.17, 15) is 0 Å². The number of nitrogens with two attached hydrogens (primary N) is 1. The van der Waals surface area contributed by atoms with Gasteiger partial charge in [-0.05, 0) is 24.6 Å². The topological polar surface area (TPSA) is 26.0 Å². The number of benzene rings is 1. The molecule has 1 aromatic heterocycles. The molecule has 4 heteroatoms. The summed E-state index contributed by atoms with van der Waals surface area (Å²) < 4.78 is 1.35. The van der Waals surface area contributed by atoms with Crippen molar-refractivity contribution in [3.63, 3.8) is 0 Å². The Kier molecular flexibility index (Phi) is 2.91. The van der Waals surface area contributed by atoms with E-state index in [1.165, 1.54) is 11.3 Å². The van der Waals surface area contributed by atoms with E-state index in [-0.39, 0.29) is 0 Å². The van der Waals surface area contributed by atoms with Gasteiger partial charge in [0.1, 0.15) is 4.34 Å².